The number of amides is 1. The van der Waals surface area contributed by atoms with Crippen molar-refractivity contribution in [2.24, 2.45) is 0 Å². The summed E-state index contributed by atoms with van der Waals surface area (Å²) < 4.78 is 0. The largest absolute Gasteiger partial charge is 0.356 e. The van der Waals surface area contributed by atoms with E-state index in [9.17, 15) is 4.79 Å². The molecule has 0 aliphatic rings. The van der Waals surface area contributed by atoms with Crippen LogP contribution in [0.5, 0.6) is 0 Å². The second-order valence-corrected chi connectivity index (χ2v) is 3.30. The van der Waals surface area contributed by atoms with Crippen molar-refractivity contribution in [1.29, 1.82) is 0 Å². The highest BCUT2D eigenvalue weighted by Crippen LogP contribution is 2.08. The predicted molar refractivity (Wildman–Crippen MR) is 50.0 cm³/mol. The van der Waals surface area contributed by atoms with E-state index in [0.717, 1.165) is 10.7 Å². The summed E-state index contributed by atoms with van der Waals surface area (Å²) >= 11 is 1.57. The molecule has 4 heteroatoms. The van der Waals surface area contributed by atoms with Crippen LogP contribution in [0.3, 0.4) is 0 Å². The summed E-state index contributed by atoms with van der Waals surface area (Å²) in [5.41, 5.74) is 0.834. The molecule has 0 aliphatic carbocycles. The first-order valence-corrected chi connectivity index (χ1v) is 4.42. The van der Waals surface area contributed by atoms with Gasteiger partial charge in [-0.3, -0.25) is 4.79 Å². The normalized spacial score (nSPS) is 10.5. The van der Waals surface area contributed by atoms with E-state index in [0.29, 0.717) is 0 Å². The lowest BCUT2D eigenvalue weighted by atomic mass is 10.4. The van der Waals surface area contributed by atoms with Gasteiger partial charge in [0.25, 0.3) is 0 Å². The number of hydrogen-bond acceptors (Lipinski definition) is 3. The first kappa shape index (κ1) is 8.93. The SMILES string of the molecule is CNC(=O)C=Cc1csc(C)n1. The van der Waals surface area contributed by atoms with Crippen molar-refractivity contribution in [2.75, 3.05) is 7.05 Å². The lowest BCUT2D eigenvalue weighted by molar-refractivity contribution is -0.115. The predicted octanol–water partition coefficient (Wildman–Crippen LogP) is 1.21. The van der Waals surface area contributed by atoms with Crippen LogP contribution >= 0.6 is 11.3 Å². The molecule has 12 heavy (non-hydrogen) atoms. The van der Waals surface area contributed by atoms with Crippen molar-refractivity contribution in [1.82, 2.24) is 10.3 Å². The average molecular weight is 182 g/mol. The monoisotopic (exact) mass is 182 g/mol. The van der Waals surface area contributed by atoms with E-state index in [1.54, 1.807) is 24.5 Å². The third-order valence-electron chi connectivity index (χ3n) is 1.29. The highest BCUT2D eigenvalue weighted by Gasteiger charge is 1.93. The Labute approximate surface area is 75.1 Å². The molecule has 64 valence electrons. The number of carbonyl (C=O) groups is 1. The standard InChI is InChI=1S/C8H10N2OS/c1-6-10-7(5-12-6)3-4-8(11)9-2/h3-5H,1-2H3,(H,9,11). The molecule has 1 heterocycles. The fraction of sp³-hybridized carbons (Fsp3) is 0.250. The maximum Gasteiger partial charge on any atom is 0.243 e. The van der Waals surface area contributed by atoms with Crippen LogP contribution in [0.4, 0.5) is 0 Å². The van der Waals surface area contributed by atoms with Crippen molar-refractivity contribution >= 4 is 23.3 Å². The molecule has 1 N–H and O–H groups in total. The molecule has 0 aromatic carbocycles. The zero-order chi connectivity index (χ0) is 8.97. The lowest BCUT2D eigenvalue weighted by Crippen LogP contribution is -2.13. The molecule has 1 aromatic rings. The van der Waals surface area contributed by atoms with Crippen LogP contribution < -0.4 is 5.32 Å². The van der Waals surface area contributed by atoms with Crippen molar-refractivity contribution in [3.8, 4) is 0 Å². The molecule has 0 unspecified atom stereocenters. The van der Waals surface area contributed by atoms with Gasteiger partial charge in [0.05, 0.1) is 10.7 Å². The van der Waals surface area contributed by atoms with Crippen molar-refractivity contribution in [2.45, 2.75) is 6.92 Å². The Balaban J connectivity index is 2.63. The van der Waals surface area contributed by atoms with E-state index < -0.39 is 0 Å². The summed E-state index contributed by atoms with van der Waals surface area (Å²) in [5.74, 6) is -0.111. The van der Waals surface area contributed by atoms with E-state index in [-0.39, 0.29) is 5.91 Å². The number of aromatic nitrogens is 1. The van der Waals surface area contributed by atoms with Crippen LogP contribution in [0.25, 0.3) is 6.08 Å². The smallest absolute Gasteiger partial charge is 0.243 e. The maximum atomic E-state index is 10.8. The summed E-state index contributed by atoms with van der Waals surface area (Å²) in [7, 11) is 1.60. The third-order valence-corrected chi connectivity index (χ3v) is 2.08. The molecule has 0 fully saturated rings. The van der Waals surface area contributed by atoms with Crippen molar-refractivity contribution in [3.63, 3.8) is 0 Å². The molecule has 0 bridgehead atoms. The van der Waals surface area contributed by atoms with Gasteiger partial charge in [0, 0.05) is 18.5 Å². The summed E-state index contributed by atoms with van der Waals surface area (Å²) in [4.78, 5) is 14.9. The topological polar surface area (TPSA) is 42.0 Å². The highest BCUT2D eigenvalue weighted by atomic mass is 32.1. The van der Waals surface area contributed by atoms with E-state index in [1.807, 2.05) is 12.3 Å². The minimum absolute atomic E-state index is 0.111. The van der Waals surface area contributed by atoms with Crippen LogP contribution in [-0.4, -0.2) is 17.9 Å². The Morgan fingerprint density at radius 2 is 2.50 bits per heavy atom. The summed E-state index contributed by atoms with van der Waals surface area (Å²) in [5, 5.41) is 5.41. The van der Waals surface area contributed by atoms with Gasteiger partial charge in [-0.05, 0) is 13.0 Å². The fourth-order valence-corrected chi connectivity index (χ4v) is 1.28. The Morgan fingerprint density at radius 1 is 1.75 bits per heavy atom. The molecule has 3 nitrogen and oxygen atoms in total. The van der Waals surface area contributed by atoms with Gasteiger partial charge in [0.2, 0.25) is 5.91 Å². The van der Waals surface area contributed by atoms with Crippen LogP contribution in [0.1, 0.15) is 10.7 Å². The number of thiazole rings is 1. The van der Waals surface area contributed by atoms with Gasteiger partial charge in [-0.2, -0.15) is 0 Å². The first-order valence-electron chi connectivity index (χ1n) is 3.54. The summed E-state index contributed by atoms with van der Waals surface area (Å²) in [6.07, 6.45) is 3.16. The number of nitrogens with zero attached hydrogens (tertiary/aromatic N) is 1. The van der Waals surface area contributed by atoms with E-state index >= 15 is 0 Å². The number of hydrogen-bond donors (Lipinski definition) is 1. The van der Waals surface area contributed by atoms with Gasteiger partial charge in [0.1, 0.15) is 0 Å². The molecule has 0 aliphatic heterocycles. The quantitative estimate of drug-likeness (QED) is 0.698. The second kappa shape index (κ2) is 4.01. The third kappa shape index (κ3) is 2.47. The number of carbonyl (C=O) groups excluding carboxylic acids is 1. The summed E-state index contributed by atoms with van der Waals surface area (Å²) in [6, 6.07) is 0. The van der Waals surface area contributed by atoms with E-state index in [2.05, 4.69) is 10.3 Å². The second-order valence-electron chi connectivity index (χ2n) is 2.24. The molecule has 0 spiro atoms. The number of nitrogens with one attached hydrogen (secondary N) is 1. The average Bonchev–Trinajstić information content (AvgIpc) is 2.47. The minimum atomic E-state index is -0.111. The molecule has 0 saturated heterocycles. The van der Waals surface area contributed by atoms with Crippen molar-refractivity contribution in [3.05, 3.63) is 22.2 Å². The van der Waals surface area contributed by atoms with Gasteiger partial charge in [-0.25, -0.2) is 4.98 Å². The van der Waals surface area contributed by atoms with Gasteiger partial charge < -0.3 is 5.32 Å². The zero-order valence-electron chi connectivity index (χ0n) is 7.00. The molecular formula is C8H10N2OS. The molecule has 1 rings (SSSR count). The van der Waals surface area contributed by atoms with Crippen LogP contribution in [0.2, 0.25) is 0 Å². The molecule has 1 aromatic heterocycles. The summed E-state index contributed by atoms with van der Waals surface area (Å²) in [6.45, 7) is 1.93. The van der Waals surface area contributed by atoms with Gasteiger partial charge >= 0.3 is 0 Å². The Kier molecular flexibility index (Phi) is 2.99. The number of aryl methyl sites for hydroxylation is 1. The minimum Gasteiger partial charge on any atom is -0.356 e. The van der Waals surface area contributed by atoms with Crippen LogP contribution in [-0.2, 0) is 4.79 Å². The lowest BCUT2D eigenvalue weighted by Gasteiger charge is -1.87. The van der Waals surface area contributed by atoms with Crippen LogP contribution in [0, 0.1) is 6.92 Å². The Bertz CT molecular complexity index is 304. The fourth-order valence-electron chi connectivity index (χ4n) is 0.701. The van der Waals surface area contributed by atoms with Gasteiger partial charge in [-0.15, -0.1) is 11.3 Å². The Morgan fingerprint density at radius 3 is 3.00 bits per heavy atom. The van der Waals surface area contributed by atoms with Crippen LogP contribution in [0.15, 0.2) is 11.5 Å². The van der Waals surface area contributed by atoms with E-state index in [4.69, 9.17) is 0 Å². The molecule has 1 amide bonds. The molecular weight excluding hydrogens is 172 g/mol. The first-order chi connectivity index (χ1) is 5.72. The van der Waals surface area contributed by atoms with Gasteiger partial charge in [0.15, 0.2) is 0 Å². The van der Waals surface area contributed by atoms with Crippen molar-refractivity contribution < 1.29 is 4.79 Å². The van der Waals surface area contributed by atoms with Gasteiger partial charge in [-0.1, -0.05) is 0 Å². The Hall–Kier alpha value is -1.16. The maximum absolute atomic E-state index is 10.8. The molecule has 0 radical (unpaired) electrons. The molecule has 0 atom stereocenters. The zero-order valence-corrected chi connectivity index (χ0v) is 7.81. The number of rotatable bonds is 2. The highest BCUT2D eigenvalue weighted by molar-refractivity contribution is 7.09. The van der Waals surface area contributed by atoms with E-state index in [1.165, 1.54) is 6.08 Å². The number of likely N-dealkylation sites (N-methyl/N-ethyl adjacent to an activating group) is 1. The molecule has 0 saturated carbocycles.